The highest BCUT2D eigenvalue weighted by Gasteiger charge is 2.35. The van der Waals surface area contributed by atoms with Crippen molar-refractivity contribution in [2.24, 2.45) is 0 Å². The van der Waals surface area contributed by atoms with Crippen molar-refractivity contribution < 1.29 is 38.3 Å². The Morgan fingerprint density at radius 1 is 1.05 bits per heavy atom. The van der Waals surface area contributed by atoms with Crippen LogP contribution in [0, 0.1) is 10.1 Å². The number of ether oxygens (including phenoxy) is 4. The predicted octanol–water partition coefficient (Wildman–Crippen LogP) is 4.92. The molecule has 2 aliphatic heterocycles. The number of benzene rings is 3. The highest BCUT2D eigenvalue weighted by Crippen LogP contribution is 2.33. The maximum atomic E-state index is 13.4. The van der Waals surface area contributed by atoms with E-state index in [4.69, 9.17) is 18.9 Å². The molecule has 0 aromatic heterocycles. The summed E-state index contributed by atoms with van der Waals surface area (Å²) in [6, 6.07) is 17.8. The second-order valence-electron chi connectivity index (χ2n) is 10.2. The van der Waals surface area contributed by atoms with E-state index >= 15 is 0 Å². The van der Waals surface area contributed by atoms with Gasteiger partial charge < -0.3 is 29.2 Å². The first kappa shape index (κ1) is 30.1. The summed E-state index contributed by atoms with van der Waals surface area (Å²) in [5.41, 5.74) is 2.15. The molecule has 0 atom stereocenters. The summed E-state index contributed by atoms with van der Waals surface area (Å²) in [7, 11) is 1.49. The summed E-state index contributed by atoms with van der Waals surface area (Å²) >= 11 is 0. The number of non-ortho nitro benzene ring substituents is 1. The molecular formula is C31H32N4O9. The summed E-state index contributed by atoms with van der Waals surface area (Å²) in [5.74, 6) is 0.915. The summed E-state index contributed by atoms with van der Waals surface area (Å²) in [4.78, 5) is 51.6. The van der Waals surface area contributed by atoms with Crippen molar-refractivity contribution in [3.05, 3.63) is 88.0 Å². The van der Waals surface area contributed by atoms with Gasteiger partial charge in [0.05, 0.1) is 29.9 Å². The van der Waals surface area contributed by atoms with Gasteiger partial charge in [0, 0.05) is 49.4 Å². The smallest absolute Gasteiger partial charge is 0.414 e. The third-order valence-corrected chi connectivity index (χ3v) is 7.44. The number of piperidine rings is 1. The number of likely N-dealkylation sites (tertiary alicyclic amines) is 1. The van der Waals surface area contributed by atoms with E-state index in [1.165, 1.54) is 31.4 Å². The number of nitro groups is 1. The summed E-state index contributed by atoms with van der Waals surface area (Å²) in [6.07, 6.45) is 0.668. The Kier molecular flexibility index (Phi) is 9.43. The van der Waals surface area contributed by atoms with Crippen LogP contribution < -0.4 is 24.4 Å². The lowest BCUT2D eigenvalue weighted by Crippen LogP contribution is -2.50. The number of anilines is 1. The number of fused-ring (bicyclic) bond motifs is 1. The van der Waals surface area contributed by atoms with E-state index in [0.29, 0.717) is 49.4 Å². The molecule has 0 bridgehead atoms. The number of nitro benzene ring substituents is 1. The molecule has 5 rings (SSSR count). The van der Waals surface area contributed by atoms with E-state index in [1.54, 1.807) is 28.0 Å². The van der Waals surface area contributed by atoms with Gasteiger partial charge in [-0.1, -0.05) is 18.2 Å². The molecule has 44 heavy (non-hydrogen) atoms. The van der Waals surface area contributed by atoms with Crippen molar-refractivity contribution in [3.8, 4) is 17.2 Å². The van der Waals surface area contributed by atoms with E-state index in [9.17, 15) is 24.5 Å². The van der Waals surface area contributed by atoms with Gasteiger partial charge in [-0.15, -0.1) is 0 Å². The topological polar surface area (TPSA) is 150 Å². The normalized spacial score (nSPS) is 14.7. The number of nitrogens with one attached hydrogen (secondary N) is 1. The lowest BCUT2D eigenvalue weighted by Gasteiger charge is -2.40. The fourth-order valence-electron chi connectivity index (χ4n) is 5.19. The molecule has 2 heterocycles. The lowest BCUT2D eigenvalue weighted by atomic mass is 10.00. The third kappa shape index (κ3) is 7.00. The number of carbonyl (C=O) groups excluding carboxylic acids is 3. The fourth-order valence-corrected chi connectivity index (χ4v) is 5.19. The van der Waals surface area contributed by atoms with Crippen molar-refractivity contribution in [2.45, 2.75) is 31.9 Å². The minimum Gasteiger partial charge on any atom is -0.496 e. The van der Waals surface area contributed by atoms with Crippen molar-refractivity contribution in [2.75, 3.05) is 38.3 Å². The molecule has 0 unspecified atom stereocenters. The second-order valence-corrected chi connectivity index (χ2v) is 10.2. The number of para-hydroxylation sites is 1. The number of nitrogens with zero attached hydrogens (tertiary/aromatic N) is 3. The number of cyclic esters (lactones) is 1. The van der Waals surface area contributed by atoms with Crippen LogP contribution in [0.1, 0.15) is 35.2 Å². The van der Waals surface area contributed by atoms with Crippen molar-refractivity contribution in [1.29, 1.82) is 0 Å². The number of methoxy groups -OCH3 is 1. The van der Waals surface area contributed by atoms with E-state index in [-0.39, 0.29) is 49.2 Å². The molecule has 230 valence electrons. The average Bonchev–Trinajstić information content (AvgIpc) is 3.04. The van der Waals surface area contributed by atoms with Gasteiger partial charge in [-0.05, 0) is 49.6 Å². The first-order chi connectivity index (χ1) is 21.3. The predicted molar refractivity (Wildman–Crippen MR) is 158 cm³/mol. The molecule has 1 N–H and O–H groups in total. The molecule has 3 amide bonds. The molecule has 0 radical (unpaired) electrons. The molecule has 1 saturated heterocycles. The Hall–Kier alpha value is -5.33. The number of amides is 3. The number of carbonyl (C=O) groups is 3. The number of hydrogen-bond donors (Lipinski definition) is 1. The summed E-state index contributed by atoms with van der Waals surface area (Å²) < 4.78 is 21.7. The van der Waals surface area contributed by atoms with E-state index in [0.717, 1.165) is 11.3 Å². The van der Waals surface area contributed by atoms with Gasteiger partial charge in [-0.25, -0.2) is 9.59 Å². The van der Waals surface area contributed by atoms with Gasteiger partial charge in [-0.2, -0.15) is 0 Å². The molecule has 13 nitrogen and oxygen atoms in total. The largest absolute Gasteiger partial charge is 0.496 e. The summed E-state index contributed by atoms with van der Waals surface area (Å²) in [5, 5.41) is 13.3. The zero-order valence-corrected chi connectivity index (χ0v) is 24.1. The van der Waals surface area contributed by atoms with Crippen LogP contribution in [-0.4, -0.2) is 67.3 Å². The van der Waals surface area contributed by atoms with Crippen molar-refractivity contribution >= 4 is 29.5 Å². The Balaban J connectivity index is 1.08. The quantitative estimate of drug-likeness (QED) is 0.193. The van der Waals surface area contributed by atoms with Gasteiger partial charge in [0.25, 0.3) is 11.6 Å². The van der Waals surface area contributed by atoms with Crippen LogP contribution in [-0.2, 0) is 11.3 Å². The van der Waals surface area contributed by atoms with Crippen molar-refractivity contribution in [1.82, 2.24) is 10.2 Å². The minimum atomic E-state index is -0.687. The molecule has 2 aliphatic rings. The van der Waals surface area contributed by atoms with Crippen LogP contribution in [0.25, 0.3) is 0 Å². The standard InChI is InChI=1S/C31H32N4O9/c1-41-28-19-25(42-18-4-15-32-30(37)44-24-9-7-23(8-10-24)35(39)40)11-12-26(28)29(36)33-16-13-22(14-17-33)34-27-6-3-2-5-21(27)20-43-31(34)38/h2-3,5-12,19,22H,4,13-18,20H2,1H3,(H,32,37). The highest BCUT2D eigenvalue weighted by atomic mass is 16.6. The highest BCUT2D eigenvalue weighted by molar-refractivity contribution is 5.97. The van der Waals surface area contributed by atoms with Crippen molar-refractivity contribution in [3.63, 3.8) is 0 Å². The molecule has 13 heteroatoms. The molecule has 1 fully saturated rings. The Labute approximate surface area is 253 Å². The first-order valence-corrected chi connectivity index (χ1v) is 14.2. The molecule has 0 spiro atoms. The SMILES string of the molecule is COc1cc(OCCCNC(=O)Oc2ccc([N+](=O)[O-])cc2)ccc1C(=O)N1CCC(N2C(=O)OCc3ccccc32)CC1. The second kappa shape index (κ2) is 13.8. The van der Waals surface area contributed by atoms with Gasteiger partial charge in [-0.3, -0.25) is 19.8 Å². The van der Waals surface area contributed by atoms with E-state index < -0.39 is 11.0 Å². The number of rotatable bonds is 10. The Morgan fingerprint density at radius 2 is 1.77 bits per heavy atom. The zero-order valence-electron chi connectivity index (χ0n) is 24.1. The van der Waals surface area contributed by atoms with Crippen LogP contribution in [0.4, 0.5) is 21.0 Å². The average molecular weight is 605 g/mol. The van der Waals surface area contributed by atoms with Crippen LogP contribution >= 0.6 is 0 Å². The van der Waals surface area contributed by atoms with Gasteiger partial charge in [0.15, 0.2) is 0 Å². The summed E-state index contributed by atoms with van der Waals surface area (Å²) in [6.45, 7) is 1.78. The molecule has 0 aliphatic carbocycles. The monoisotopic (exact) mass is 604 g/mol. The van der Waals surface area contributed by atoms with Crippen LogP contribution in [0.15, 0.2) is 66.7 Å². The first-order valence-electron chi connectivity index (χ1n) is 14.2. The van der Waals surface area contributed by atoms with E-state index in [1.807, 2.05) is 24.3 Å². The Bertz CT molecular complexity index is 1520. The minimum absolute atomic E-state index is 0.0654. The molecular weight excluding hydrogens is 572 g/mol. The Morgan fingerprint density at radius 3 is 2.50 bits per heavy atom. The zero-order chi connectivity index (χ0) is 31.1. The van der Waals surface area contributed by atoms with Gasteiger partial charge >= 0.3 is 12.2 Å². The van der Waals surface area contributed by atoms with Crippen LogP contribution in [0.3, 0.4) is 0 Å². The maximum absolute atomic E-state index is 13.4. The number of hydrogen-bond acceptors (Lipinski definition) is 9. The molecule has 3 aromatic carbocycles. The third-order valence-electron chi connectivity index (χ3n) is 7.44. The fraction of sp³-hybridized carbons (Fsp3) is 0.323. The maximum Gasteiger partial charge on any atom is 0.414 e. The van der Waals surface area contributed by atoms with Crippen LogP contribution in [0.5, 0.6) is 17.2 Å². The van der Waals surface area contributed by atoms with E-state index in [2.05, 4.69) is 5.32 Å². The molecule has 0 saturated carbocycles. The van der Waals surface area contributed by atoms with Crippen LogP contribution in [0.2, 0.25) is 0 Å². The van der Waals surface area contributed by atoms with Gasteiger partial charge in [0.1, 0.15) is 23.9 Å². The lowest BCUT2D eigenvalue weighted by molar-refractivity contribution is -0.384. The van der Waals surface area contributed by atoms with Gasteiger partial charge in [0.2, 0.25) is 0 Å². The molecule has 3 aromatic rings.